The van der Waals surface area contributed by atoms with Gasteiger partial charge in [-0.25, -0.2) is 4.79 Å². The van der Waals surface area contributed by atoms with Crippen LogP contribution < -0.4 is 15.5 Å². The van der Waals surface area contributed by atoms with Crippen LogP contribution in [0.3, 0.4) is 0 Å². The zero-order chi connectivity index (χ0) is 44.7. The lowest BCUT2D eigenvalue weighted by Gasteiger charge is -2.33. The molecule has 6 rings (SSSR count). The average molecular weight is 915 g/mol. The highest BCUT2D eigenvalue weighted by atomic mass is 79.9. The first-order chi connectivity index (χ1) is 29.7. The molecule has 62 heavy (non-hydrogen) atoms. The van der Waals surface area contributed by atoms with Crippen molar-refractivity contribution in [3.8, 4) is 0 Å². The number of hydrogen-bond donors (Lipinski definition) is 2. The summed E-state index contributed by atoms with van der Waals surface area (Å²) in [6.07, 6.45) is 3.85. The number of anilines is 2. The summed E-state index contributed by atoms with van der Waals surface area (Å²) in [4.78, 5) is 84.2. The standard InChI is InChI=1S/C48H60BrN5O8/c1-29(2)37(28-43(56)61-5)46(58)53-26-8-10-41(53)45(57)50-35-19-15-33(16-20-35)39-24-23-38(54(39)36-21-17-34(49)18-22-36)32-13-11-31(12-14-32)27-42(55)40-9-7-25-52(40)47(59)44(30(3)4)51-48(60)62-6/h11-22,29-30,37-41,44H,7-10,23-28H2,1-6H3,(H,50,57)(H,51,60)/t37-,38?,39?,40-,41-,44-/m0/s1. The molecule has 4 amide bonds. The number of esters is 1. The lowest BCUT2D eigenvalue weighted by atomic mass is 9.90. The van der Waals surface area contributed by atoms with Gasteiger partial charge in [0.05, 0.1) is 44.7 Å². The molecule has 3 heterocycles. The van der Waals surface area contributed by atoms with E-state index in [0.29, 0.717) is 38.0 Å². The number of halogens is 1. The number of ketones is 1. The van der Waals surface area contributed by atoms with Crippen LogP contribution in [0.5, 0.6) is 0 Å². The molecule has 0 aromatic heterocycles. The third-order valence-electron chi connectivity index (χ3n) is 12.7. The Hall–Kier alpha value is -5.24. The number of nitrogens with zero attached hydrogens (tertiary/aromatic N) is 3. The van der Waals surface area contributed by atoms with Gasteiger partial charge in [-0.1, -0.05) is 80.0 Å². The number of hydrogen-bond acceptors (Lipinski definition) is 9. The number of carbonyl (C=O) groups excluding carboxylic acids is 6. The summed E-state index contributed by atoms with van der Waals surface area (Å²) in [5.41, 5.74) is 4.82. The number of benzene rings is 3. The molecule has 3 aromatic carbocycles. The second-order valence-electron chi connectivity index (χ2n) is 17.4. The average Bonchev–Trinajstić information content (AvgIpc) is 4.06. The van der Waals surface area contributed by atoms with E-state index in [-0.39, 0.29) is 60.3 Å². The Kier molecular flexibility index (Phi) is 15.5. The molecule has 3 aliphatic rings. The van der Waals surface area contributed by atoms with Crippen LogP contribution in [0.1, 0.15) is 101 Å². The first-order valence-corrected chi connectivity index (χ1v) is 22.6. The van der Waals surface area contributed by atoms with Crippen LogP contribution in [0.15, 0.2) is 77.3 Å². The van der Waals surface area contributed by atoms with Gasteiger partial charge in [-0.2, -0.15) is 0 Å². The number of Topliss-reactive ketones (excluding diaryl/α,β-unsaturated/α-hetero) is 1. The van der Waals surface area contributed by atoms with Gasteiger partial charge in [-0.3, -0.25) is 24.0 Å². The summed E-state index contributed by atoms with van der Waals surface area (Å²) in [5, 5.41) is 5.69. The zero-order valence-corrected chi connectivity index (χ0v) is 38.2. The van der Waals surface area contributed by atoms with Crippen LogP contribution in [0.2, 0.25) is 0 Å². The largest absolute Gasteiger partial charge is 0.469 e. The van der Waals surface area contributed by atoms with Crippen molar-refractivity contribution in [2.75, 3.05) is 37.5 Å². The van der Waals surface area contributed by atoms with E-state index in [9.17, 15) is 28.8 Å². The van der Waals surface area contributed by atoms with Crippen LogP contribution in [0.25, 0.3) is 0 Å². The number of methoxy groups -OCH3 is 2. The van der Waals surface area contributed by atoms with E-state index in [0.717, 1.165) is 46.1 Å². The maximum Gasteiger partial charge on any atom is 0.407 e. The van der Waals surface area contributed by atoms with Gasteiger partial charge in [0.25, 0.3) is 0 Å². The Labute approximate surface area is 373 Å². The Morgan fingerprint density at radius 1 is 0.694 bits per heavy atom. The highest BCUT2D eigenvalue weighted by molar-refractivity contribution is 9.10. The Morgan fingerprint density at radius 3 is 1.81 bits per heavy atom. The van der Waals surface area contributed by atoms with E-state index in [4.69, 9.17) is 9.47 Å². The molecule has 2 unspecified atom stereocenters. The monoisotopic (exact) mass is 913 g/mol. The number of rotatable bonds is 15. The number of carbonyl (C=O) groups is 6. The number of alkyl carbamates (subject to hydrolysis) is 1. The van der Waals surface area contributed by atoms with Crippen molar-refractivity contribution in [2.45, 2.75) is 109 Å². The van der Waals surface area contributed by atoms with Gasteiger partial charge in [0.2, 0.25) is 17.7 Å². The van der Waals surface area contributed by atoms with E-state index in [1.54, 1.807) is 9.80 Å². The second kappa shape index (κ2) is 20.8. The van der Waals surface area contributed by atoms with Gasteiger partial charge in [-0.15, -0.1) is 0 Å². The predicted molar refractivity (Wildman–Crippen MR) is 240 cm³/mol. The van der Waals surface area contributed by atoms with Crippen LogP contribution in [-0.4, -0.2) is 90.8 Å². The van der Waals surface area contributed by atoms with Gasteiger partial charge in [0.15, 0.2) is 5.78 Å². The summed E-state index contributed by atoms with van der Waals surface area (Å²) < 4.78 is 10.6. The fourth-order valence-corrected chi connectivity index (χ4v) is 9.52. The number of amides is 4. The molecule has 3 saturated heterocycles. The summed E-state index contributed by atoms with van der Waals surface area (Å²) in [5.74, 6) is -1.99. The smallest absolute Gasteiger partial charge is 0.407 e. The maximum absolute atomic E-state index is 13.7. The van der Waals surface area contributed by atoms with Crippen LogP contribution >= 0.6 is 15.9 Å². The second-order valence-corrected chi connectivity index (χ2v) is 18.3. The Balaban J connectivity index is 1.13. The number of ether oxygens (including phenoxy) is 2. The fraction of sp³-hybridized carbons (Fsp3) is 0.500. The minimum atomic E-state index is -0.783. The molecule has 0 spiro atoms. The molecule has 3 aromatic rings. The van der Waals surface area contributed by atoms with E-state index in [1.807, 2.05) is 64.1 Å². The third-order valence-corrected chi connectivity index (χ3v) is 13.2. The molecule has 0 saturated carbocycles. The molecule has 6 atom stereocenters. The normalized spacial score (nSPS) is 20.9. The Morgan fingerprint density at radius 2 is 1.26 bits per heavy atom. The van der Waals surface area contributed by atoms with Crippen molar-refractivity contribution in [3.05, 3.63) is 94.0 Å². The Bertz CT molecular complexity index is 1950. The summed E-state index contributed by atoms with van der Waals surface area (Å²) >= 11 is 3.59. The predicted octanol–water partition coefficient (Wildman–Crippen LogP) is 7.78. The van der Waals surface area contributed by atoms with Gasteiger partial charge in [0, 0.05) is 35.4 Å². The first-order valence-electron chi connectivity index (χ1n) is 21.8. The molecular weight excluding hydrogens is 854 g/mol. The molecule has 0 radical (unpaired) electrons. The van der Waals surface area contributed by atoms with Crippen molar-refractivity contribution >= 4 is 62.9 Å². The molecule has 13 nitrogen and oxygen atoms in total. The van der Waals surface area contributed by atoms with Gasteiger partial charge in [0.1, 0.15) is 12.1 Å². The highest BCUT2D eigenvalue weighted by Gasteiger charge is 2.41. The molecule has 332 valence electrons. The van der Waals surface area contributed by atoms with E-state index >= 15 is 0 Å². The first kappa shape index (κ1) is 46.3. The quantitative estimate of drug-likeness (QED) is 0.146. The lowest BCUT2D eigenvalue weighted by molar-refractivity contribution is -0.149. The summed E-state index contributed by atoms with van der Waals surface area (Å²) in [6, 6.07) is 22.6. The fourth-order valence-electron chi connectivity index (χ4n) is 9.26. The van der Waals surface area contributed by atoms with Gasteiger partial charge >= 0.3 is 12.1 Å². The highest BCUT2D eigenvalue weighted by Crippen LogP contribution is 2.47. The minimum Gasteiger partial charge on any atom is -0.469 e. The molecular formula is C48H60BrN5O8. The van der Waals surface area contributed by atoms with E-state index in [1.165, 1.54) is 14.2 Å². The van der Waals surface area contributed by atoms with Crippen molar-refractivity contribution in [1.29, 1.82) is 0 Å². The zero-order valence-electron chi connectivity index (χ0n) is 36.6. The molecule has 0 aliphatic carbocycles. The van der Waals surface area contributed by atoms with Crippen LogP contribution in [-0.2, 0) is 39.9 Å². The molecule has 2 N–H and O–H groups in total. The van der Waals surface area contributed by atoms with Gasteiger partial charge < -0.3 is 34.8 Å². The third kappa shape index (κ3) is 10.7. The van der Waals surface area contributed by atoms with E-state index < -0.39 is 36.1 Å². The molecule has 0 bridgehead atoms. The minimum absolute atomic E-state index is 0.0193. The lowest BCUT2D eigenvalue weighted by Crippen LogP contribution is -2.53. The van der Waals surface area contributed by atoms with Crippen molar-refractivity contribution in [2.24, 2.45) is 17.8 Å². The summed E-state index contributed by atoms with van der Waals surface area (Å²) in [7, 11) is 2.57. The number of likely N-dealkylation sites (tertiary alicyclic amines) is 2. The van der Waals surface area contributed by atoms with Gasteiger partial charge in [-0.05, 0) is 103 Å². The number of nitrogens with one attached hydrogen (secondary N) is 2. The van der Waals surface area contributed by atoms with Crippen molar-refractivity contribution < 1.29 is 38.2 Å². The van der Waals surface area contributed by atoms with Crippen molar-refractivity contribution in [1.82, 2.24) is 15.1 Å². The van der Waals surface area contributed by atoms with Crippen molar-refractivity contribution in [3.63, 3.8) is 0 Å². The molecule has 3 fully saturated rings. The van der Waals surface area contributed by atoms with Crippen LogP contribution in [0, 0.1) is 17.8 Å². The topological polar surface area (TPSA) is 155 Å². The maximum atomic E-state index is 13.7. The molecule has 3 aliphatic heterocycles. The van der Waals surface area contributed by atoms with E-state index in [2.05, 4.69) is 67.9 Å². The summed E-state index contributed by atoms with van der Waals surface area (Å²) in [6.45, 7) is 8.44. The molecule has 14 heteroatoms. The SMILES string of the molecule is COC(=O)C[C@H](C(=O)N1CCC[C@H]1C(=O)Nc1ccc(C2CCC(c3ccc(CC(=O)[C@@H]4CCCN4C(=O)[C@@H](NC(=O)OC)C(C)C)cc3)N2c2ccc(Br)cc2)cc1)C(C)C. The van der Waals surface area contributed by atoms with Crippen LogP contribution in [0.4, 0.5) is 16.2 Å².